The monoisotopic (exact) mass is 335 g/mol. The van der Waals surface area contributed by atoms with Gasteiger partial charge < -0.3 is 9.47 Å². The first-order chi connectivity index (χ1) is 11.5. The van der Waals surface area contributed by atoms with E-state index in [1.54, 1.807) is 0 Å². The zero-order valence-electron chi connectivity index (χ0n) is 13.1. The maximum atomic E-state index is 11.7. The molecule has 8 nitrogen and oxygen atoms in total. The summed E-state index contributed by atoms with van der Waals surface area (Å²) in [6.07, 6.45) is 0.496. The van der Waals surface area contributed by atoms with Gasteiger partial charge in [0.1, 0.15) is 5.75 Å². The molecular formula is C16H17NO7. The molecule has 0 atom stereocenters. The zero-order chi connectivity index (χ0) is 17.5. The second-order valence-electron chi connectivity index (χ2n) is 5.04. The van der Waals surface area contributed by atoms with E-state index >= 15 is 0 Å². The Hall–Kier alpha value is -2.90. The molecule has 1 aromatic carbocycles. The molecule has 1 heterocycles. The normalized spacial score (nSPS) is 13.8. The highest BCUT2D eigenvalue weighted by atomic mass is 16.8. The lowest BCUT2D eigenvalue weighted by molar-refractivity contribution is -0.174. The predicted octanol–water partition coefficient (Wildman–Crippen LogP) is 2.22. The molecule has 0 N–H and O–H groups in total. The van der Waals surface area contributed by atoms with Crippen LogP contribution in [-0.2, 0) is 19.2 Å². The van der Waals surface area contributed by atoms with Crippen molar-refractivity contribution in [3.8, 4) is 5.75 Å². The summed E-state index contributed by atoms with van der Waals surface area (Å²) < 4.78 is 9.90. The predicted molar refractivity (Wildman–Crippen MR) is 79.8 cm³/mol. The second kappa shape index (κ2) is 8.09. The number of carbonyl (C=O) groups is 4. The Bertz CT molecular complexity index is 622. The lowest BCUT2D eigenvalue weighted by atomic mass is 10.2. The molecular weight excluding hydrogens is 318 g/mol. The molecule has 0 aromatic heterocycles. The number of amides is 2. The van der Waals surface area contributed by atoms with Crippen molar-refractivity contribution < 1.29 is 33.5 Å². The van der Waals surface area contributed by atoms with Crippen LogP contribution in [0.2, 0.25) is 0 Å². The highest BCUT2D eigenvalue weighted by Crippen LogP contribution is 2.16. The smallest absolute Gasteiger partial charge is 0.462 e. The molecule has 0 saturated carbocycles. The van der Waals surface area contributed by atoms with Crippen LogP contribution < -0.4 is 4.74 Å². The molecule has 1 aromatic rings. The van der Waals surface area contributed by atoms with E-state index < -0.39 is 23.9 Å². The van der Waals surface area contributed by atoms with Gasteiger partial charge in [-0.3, -0.25) is 14.4 Å². The third-order valence-electron chi connectivity index (χ3n) is 3.19. The Morgan fingerprint density at radius 3 is 2.29 bits per heavy atom. The third-order valence-corrected chi connectivity index (χ3v) is 3.19. The van der Waals surface area contributed by atoms with Gasteiger partial charge in [0.05, 0.1) is 12.2 Å². The fraction of sp³-hybridized carbons (Fsp3) is 0.375. The lowest BCUT2D eigenvalue weighted by Crippen LogP contribution is -2.33. The molecule has 8 heteroatoms. The van der Waals surface area contributed by atoms with Gasteiger partial charge in [-0.05, 0) is 30.7 Å². The number of esters is 1. The van der Waals surface area contributed by atoms with Gasteiger partial charge in [0, 0.05) is 12.8 Å². The van der Waals surface area contributed by atoms with Gasteiger partial charge in [0.15, 0.2) is 0 Å². The molecule has 1 saturated heterocycles. The largest absolute Gasteiger partial charge is 0.539 e. The van der Waals surface area contributed by atoms with Crippen LogP contribution in [0, 0.1) is 0 Å². The van der Waals surface area contributed by atoms with Crippen molar-refractivity contribution in [1.82, 2.24) is 5.06 Å². The number of rotatable bonds is 6. The second-order valence-corrected chi connectivity index (χ2v) is 5.04. The minimum Gasteiger partial charge on any atom is -0.462 e. The van der Waals surface area contributed by atoms with Crippen LogP contribution in [0.4, 0.5) is 4.79 Å². The molecule has 1 aliphatic heterocycles. The Balaban J connectivity index is 1.87. The molecule has 2 rings (SSSR count). The molecule has 1 fully saturated rings. The maximum Gasteiger partial charge on any atom is 0.539 e. The number of carbonyl (C=O) groups excluding carboxylic acids is 4. The molecule has 0 unspecified atom stereocenters. The first-order valence-corrected chi connectivity index (χ1v) is 7.54. The van der Waals surface area contributed by atoms with Crippen molar-refractivity contribution in [2.24, 2.45) is 0 Å². The van der Waals surface area contributed by atoms with Gasteiger partial charge in [0.2, 0.25) is 0 Å². The van der Waals surface area contributed by atoms with E-state index in [4.69, 9.17) is 9.47 Å². The Morgan fingerprint density at radius 1 is 1.08 bits per heavy atom. The summed E-state index contributed by atoms with van der Waals surface area (Å²) in [6, 6.07) is 5.63. The van der Waals surface area contributed by atoms with Crippen molar-refractivity contribution >= 4 is 23.9 Å². The van der Waals surface area contributed by atoms with Crippen molar-refractivity contribution in [2.45, 2.75) is 32.6 Å². The summed E-state index contributed by atoms with van der Waals surface area (Å²) >= 11 is 0. The van der Waals surface area contributed by atoms with Crippen LogP contribution in [0.25, 0.3) is 0 Å². The van der Waals surface area contributed by atoms with Gasteiger partial charge in [-0.2, -0.15) is 0 Å². The number of hydroxylamine groups is 2. The van der Waals surface area contributed by atoms with Gasteiger partial charge >= 0.3 is 12.1 Å². The van der Waals surface area contributed by atoms with E-state index in [0.29, 0.717) is 17.2 Å². The molecule has 0 bridgehead atoms. The minimum atomic E-state index is -1.21. The fourth-order valence-electron chi connectivity index (χ4n) is 1.90. The van der Waals surface area contributed by atoms with E-state index in [1.807, 2.05) is 6.92 Å². The summed E-state index contributed by atoms with van der Waals surface area (Å²) in [7, 11) is 0. The molecule has 2 amide bonds. The average molecular weight is 335 g/mol. The Labute approximate surface area is 138 Å². The highest BCUT2D eigenvalue weighted by molar-refractivity contribution is 6.01. The van der Waals surface area contributed by atoms with Gasteiger partial charge in [-0.25, -0.2) is 9.59 Å². The maximum absolute atomic E-state index is 11.7. The topological polar surface area (TPSA) is 99.2 Å². The first-order valence-electron chi connectivity index (χ1n) is 7.54. The summed E-state index contributed by atoms with van der Waals surface area (Å²) in [4.78, 5) is 50.5. The van der Waals surface area contributed by atoms with Crippen molar-refractivity contribution in [1.29, 1.82) is 0 Å². The molecule has 128 valence electrons. The van der Waals surface area contributed by atoms with E-state index in [2.05, 4.69) is 4.84 Å². The van der Waals surface area contributed by atoms with Gasteiger partial charge in [0.25, 0.3) is 11.8 Å². The number of imide groups is 1. The average Bonchev–Trinajstić information content (AvgIpc) is 2.87. The SMILES string of the molecule is CCCCOC(=O)c1ccc(OC(=O)ON2C(=O)CCC2=O)cc1. The fourth-order valence-corrected chi connectivity index (χ4v) is 1.90. The van der Waals surface area contributed by atoms with Crippen molar-refractivity contribution in [3.63, 3.8) is 0 Å². The summed E-state index contributed by atoms with van der Waals surface area (Å²) in [5.41, 5.74) is 0.316. The van der Waals surface area contributed by atoms with Gasteiger partial charge in [-0.1, -0.05) is 18.4 Å². The Kier molecular flexibility index (Phi) is 5.89. The van der Waals surface area contributed by atoms with E-state index in [-0.39, 0.29) is 18.6 Å². The van der Waals surface area contributed by atoms with Crippen LogP contribution >= 0.6 is 0 Å². The molecule has 1 aliphatic rings. The number of unbranched alkanes of at least 4 members (excludes halogenated alkanes) is 1. The van der Waals surface area contributed by atoms with E-state index in [0.717, 1.165) is 12.8 Å². The molecule has 0 spiro atoms. The highest BCUT2D eigenvalue weighted by Gasteiger charge is 2.33. The van der Waals surface area contributed by atoms with Crippen molar-refractivity contribution in [2.75, 3.05) is 6.61 Å². The summed E-state index contributed by atoms with van der Waals surface area (Å²) in [5, 5.41) is 0.391. The zero-order valence-corrected chi connectivity index (χ0v) is 13.1. The number of hydrogen-bond donors (Lipinski definition) is 0. The van der Waals surface area contributed by atoms with Crippen LogP contribution in [0.5, 0.6) is 5.75 Å². The first kappa shape index (κ1) is 17.5. The lowest BCUT2D eigenvalue weighted by Gasteiger charge is -2.12. The van der Waals surface area contributed by atoms with Crippen LogP contribution in [0.3, 0.4) is 0 Å². The summed E-state index contributed by atoms with van der Waals surface area (Å²) in [6.45, 7) is 2.33. The standard InChI is InChI=1S/C16H17NO7/c1-2-3-10-22-15(20)11-4-6-12(7-5-11)23-16(21)24-17-13(18)8-9-14(17)19/h4-7H,2-3,8-10H2,1H3. The number of nitrogens with zero attached hydrogens (tertiary/aromatic N) is 1. The minimum absolute atomic E-state index is 0.000946. The number of benzene rings is 1. The number of hydrogen-bond acceptors (Lipinski definition) is 7. The van der Waals surface area contributed by atoms with Crippen molar-refractivity contribution in [3.05, 3.63) is 29.8 Å². The summed E-state index contributed by atoms with van der Waals surface area (Å²) in [5.74, 6) is -1.56. The molecule has 0 aliphatic carbocycles. The van der Waals surface area contributed by atoms with Gasteiger partial charge in [-0.15, -0.1) is 0 Å². The Morgan fingerprint density at radius 2 is 1.71 bits per heavy atom. The number of ether oxygens (including phenoxy) is 2. The third kappa shape index (κ3) is 4.55. The quantitative estimate of drug-likeness (QED) is 0.340. The molecule has 24 heavy (non-hydrogen) atoms. The van der Waals surface area contributed by atoms with Crippen LogP contribution in [0.15, 0.2) is 24.3 Å². The molecule has 0 radical (unpaired) electrons. The van der Waals surface area contributed by atoms with E-state index in [9.17, 15) is 19.2 Å². The van der Waals surface area contributed by atoms with E-state index in [1.165, 1.54) is 24.3 Å². The van der Waals surface area contributed by atoms with Crippen LogP contribution in [-0.4, -0.2) is 35.6 Å². The van der Waals surface area contributed by atoms with Crippen LogP contribution in [0.1, 0.15) is 43.0 Å².